The number of aromatic hydroxyl groups is 2. The normalized spacial score (nSPS) is 11.5. The molecular formula is C16H11BrClN3O3. The monoisotopic (exact) mass is 407 g/mol. The van der Waals surface area contributed by atoms with E-state index in [-0.39, 0.29) is 22.9 Å². The van der Waals surface area contributed by atoms with Crippen LogP contribution in [0.2, 0.25) is 5.02 Å². The van der Waals surface area contributed by atoms with Gasteiger partial charge in [-0.3, -0.25) is 4.79 Å². The number of hydrogen-bond donors (Lipinski definition) is 2. The van der Waals surface area contributed by atoms with Gasteiger partial charge in [0.2, 0.25) is 5.88 Å². The lowest BCUT2D eigenvalue weighted by atomic mass is 10.2. The molecule has 3 rings (SSSR count). The van der Waals surface area contributed by atoms with Gasteiger partial charge < -0.3 is 14.8 Å². The van der Waals surface area contributed by atoms with E-state index in [1.54, 1.807) is 31.3 Å². The Bertz CT molecular complexity index is 998. The molecule has 0 saturated carbocycles. The lowest BCUT2D eigenvalue weighted by molar-refractivity contribution is 0.0992. The Morgan fingerprint density at radius 2 is 1.96 bits per heavy atom. The molecule has 0 spiro atoms. The van der Waals surface area contributed by atoms with Crippen LogP contribution in [0.1, 0.15) is 10.4 Å². The van der Waals surface area contributed by atoms with Gasteiger partial charge in [-0.25, -0.2) is 0 Å². The molecule has 6 nitrogen and oxygen atoms in total. The number of phenols is 1. The molecule has 0 atom stereocenters. The minimum atomic E-state index is -0.729. The number of carbonyl (C=O) groups is 1. The number of fused-ring (bicyclic) bond motifs is 1. The molecule has 8 heteroatoms. The van der Waals surface area contributed by atoms with Crippen LogP contribution in [0.5, 0.6) is 11.6 Å². The Kier molecular flexibility index (Phi) is 4.29. The number of carbonyl (C=O) groups excluding carboxylic acids is 1. The number of halogens is 2. The van der Waals surface area contributed by atoms with E-state index in [9.17, 15) is 15.0 Å². The Hall–Kier alpha value is -2.38. The number of hydrogen-bond acceptors (Lipinski definition) is 4. The quantitative estimate of drug-likeness (QED) is 0.589. The van der Waals surface area contributed by atoms with Crippen LogP contribution in [0.15, 0.2) is 51.1 Å². The van der Waals surface area contributed by atoms with E-state index in [0.29, 0.717) is 20.4 Å². The minimum absolute atomic E-state index is 0.00545. The Morgan fingerprint density at radius 1 is 1.21 bits per heavy atom. The molecule has 2 aromatic carbocycles. The van der Waals surface area contributed by atoms with E-state index in [4.69, 9.17) is 11.6 Å². The van der Waals surface area contributed by atoms with Gasteiger partial charge in [0, 0.05) is 21.9 Å². The molecule has 3 aromatic rings. The number of azo groups is 1. The van der Waals surface area contributed by atoms with Gasteiger partial charge in [0.15, 0.2) is 5.69 Å². The van der Waals surface area contributed by atoms with Gasteiger partial charge in [0.05, 0.1) is 11.1 Å². The SMILES string of the molecule is Cn1c(O)c(N=NC(=O)c2cc(Br)ccc2O)c2cc(Cl)ccc21. The van der Waals surface area contributed by atoms with Crippen molar-refractivity contribution in [2.75, 3.05) is 0 Å². The fourth-order valence-electron chi connectivity index (χ4n) is 2.31. The molecule has 1 aromatic heterocycles. The predicted molar refractivity (Wildman–Crippen MR) is 94.2 cm³/mol. The van der Waals surface area contributed by atoms with Crippen molar-refractivity contribution in [3.63, 3.8) is 0 Å². The minimum Gasteiger partial charge on any atom is -0.507 e. The van der Waals surface area contributed by atoms with Gasteiger partial charge in [-0.15, -0.1) is 10.2 Å². The highest BCUT2D eigenvalue weighted by molar-refractivity contribution is 9.10. The zero-order valence-corrected chi connectivity index (χ0v) is 14.7. The lowest BCUT2D eigenvalue weighted by Gasteiger charge is -1.99. The van der Waals surface area contributed by atoms with Gasteiger partial charge in [0.25, 0.3) is 5.91 Å². The summed E-state index contributed by atoms with van der Waals surface area (Å²) in [6.07, 6.45) is 0. The number of nitrogens with zero attached hydrogens (tertiary/aromatic N) is 3. The largest absolute Gasteiger partial charge is 0.507 e. The number of phenolic OH excluding ortho intramolecular Hbond substituents is 1. The highest BCUT2D eigenvalue weighted by Crippen LogP contribution is 2.39. The molecule has 2 N–H and O–H groups in total. The van der Waals surface area contributed by atoms with Crippen LogP contribution >= 0.6 is 27.5 Å². The summed E-state index contributed by atoms with van der Waals surface area (Å²) in [6, 6.07) is 9.47. The summed E-state index contributed by atoms with van der Waals surface area (Å²) >= 11 is 9.20. The number of aryl methyl sites for hydroxylation is 1. The van der Waals surface area contributed by atoms with Crippen molar-refractivity contribution in [3.8, 4) is 11.6 Å². The average Bonchev–Trinajstić information content (AvgIpc) is 2.78. The maximum absolute atomic E-state index is 12.2. The average molecular weight is 409 g/mol. The van der Waals surface area contributed by atoms with Crippen molar-refractivity contribution in [3.05, 3.63) is 51.5 Å². The van der Waals surface area contributed by atoms with Gasteiger partial charge in [-0.2, -0.15) is 0 Å². The summed E-state index contributed by atoms with van der Waals surface area (Å²) in [5, 5.41) is 28.5. The van der Waals surface area contributed by atoms with Crippen molar-refractivity contribution in [2.24, 2.45) is 17.3 Å². The number of amides is 1. The number of rotatable bonds is 2. The first-order chi connectivity index (χ1) is 11.4. The second kappa shape index (κ2) is 6.26. The molecule has 122 valence electrons. The summed E-state index contributed by atoms with van der Waals surface area (Å²) < 4.78 is 2.14. The van der Waals surface area contributed by atoms with Crippen molar-refractivity contribution >= 4 is 50.0 Å². The number of benzene rings is 2. The third-order valence-electron chi connectivity index (χ3n) is 3.53. The molecule has 0 aliphatic carbocycles. The summed E-state index contributed by atoms with van der Waals surface area (Å²) in [5.41, 5.74) is 0.840. The highest BCUT2D eigenvalue weighted by atomic mass is 79.9. The van der Waals surface area contributed by atoms with Crippen molar-refractivity contribution in [1.82, 2.24) is 4.57 Å². The molecule has 0 unspecified atom stereocenters. The van der Waals surface area contributed by atoms with E-state index < -0.39 is 5.91 Å². The molecule has 0 radical (unpaired) electrons. The summed E-state index contributed by atoms with van der Waals surface area (Å²) in [5.74, 6) is -1.07. The second-order valence-corrected chi connectivity index (χ2v) is 6.41. The van der Waals surface area contributed by atoms with E-state index in [0.717, 1.165) is 0 Å². The van der Waals surface area contributed by atoms with Gasteiger partial charge in [-0.1, -0.05) is 27.5 Å². The van der Waals surface area contributed by atoms with E-state index in [1.165, 1.54) is 16.7 Å². The van der Waals surface area contributed by atoms with Crippen molar-refractivity contribution in [1.29, 1.82) is 0 Å². The van der Waals surface area contributed by atoms with Crippen LogP contribution in [-0.4, -0.2) is 20.7 Å². The smallest absolute Gasteiger partial charge is 0.299 e. The maximum Gasteiger partial charge on any atom is 0.299 e. The summed E-state index contributed by atoms with van der Waals surface area (Å²) in [6.45, 7) is 0. The van der Waals surface area contributed by atoms with Crippen molar-refractivity contribution in [2.45, 2.75) is 0 Å². The lowest BCUT2D eigenvalue weighted by Crippen LogP contribution is -1.94. The molecule has 0 saturated heterocycles. The Balaban J connectivity index is 2.05. The molecule has 0 fully saturated rings. The Morgan fingerprint density at radius 3 is 2.71 bits per heavy atom. The summed E-state index contributed by atoms with van der Waals surface area (Å²) in [7, 11) is 1.66. The van der Waals surface area contributed by atoms with Crippen LogP contribution < -0.4 is 0 Å². The molecule has 0 bridgehead atoms. The zero-order valence-electron chi connectivity index (χ0n) is 12.4. The third kappa shape index (κ3) is 2.88. The zero-order chi connectivity index (χ0) is 17.4. The van der Waals surface area contributed by atoms with Crippen LogP contribution in [-0.2, 0) is 7.05 Å². The summed E-state index contributed by atoms with van der Waals surface area (Å²) in [4.78, 5) is 12.2. The van der Waals surface area contributed by atoms with Gasteiger partial charge in [-0.05, 0) is 36.4 Å². The first kappa shape index (κ1) is 16.5. The topological polar surface area (TPSA) is 87.2 Å². The molecule has 24 heavy (non-hydrogen) atoms. The maximum atomic E-state index is 12.2. The van der Waals surface area contributed by atoms with Crippen LogP contribution in [0, 0.1) is 0 Å². The fraction of sp³-hybridized carbons (Fsp3) is 0.0625. The van der Waals surface area contributed by atoms with Crippen LogP contribution in [0.4, 0.5) is 5.69 Å². The molecule has 1 amide bonds. The van der Waals surface area contributed by atoms with Gasteiger partial charge in [0.1, 0.15) is 5.75 Å². The van der Waals surface area contributed by atoms with E-state index in [1.807, 2.05) is 0 Å². The highest BCUT2D eigenvalue weighted by Gasteiger charge is 2.16. The Labute approximate surface area is 150 Å². The van der Waals surface area contributed by atoms with Crippen molar-refractivity contribution < 1.29 is 15.0 Å². The van der Waals surface area contributed by atoms with E-state index in [2.05, 4.69) is 26.2 Å². The first-order valence-corrected chi connectivity index (χ1v) is 7.97. The molecular weight excluding hydrogens is 398 g/mol. The standard InChI is InChI=1S/C16H11BrClN3O3/c1-21-12-4-3-9(18)7-10(12)14(16(21)24)19-20-15(23)11-6-8(17)2-5-13(11)22/h2-7,22,24H,1H3. The third-order valence-corrected chi connectivity index (χ3v) is 4.26. The first-order valence-electron chi connectivity index (χ1n) is 6.80. The van der Waals surface area contributed by atoms with E-state index >= 15 is 0 Å². The molecule has 0 aliphatic heterocycles. The predicted octanol–water partition coefficient (Wildman–Crippen LogP) is 4.93. The van der Waals surface area contributed by atoms with Gasteiger partial charge >= 0.3 is 0 Å². The fourth-order valence-corrected chi connectivity index (χ4v) is 2.84. The number of aromatic nitrogens is 1. The second-order valence-electron chi connectivity index (χ2n) is 5.06. The van der Waals surface area contributed by atoms with Crippen LogP contribution in [0.3, 0.4) is 0 Å². The molecule has 1 heterocycles. The van der Waals surface area contributed by atoms with Crippen LogP contribution in [0.25, 0.3) is 10.9 Å². The molecule has 0 aliphatic rings.